The molecular formula is C30H32F3N3O8. The molecule has 44 heavy (non-hydrogen) atoms. The van der Waals surface area contributed by atoms with Gasteiger partial charge in [0.1, 0.15) is 17.1 Å². The predicted molar refractivity (Wildman–Crippen MR) is 149 cm³/mol. The van der Waals surface area contributed by atoms with E-state index >= 15 is 0 Å². The lowest BCUT2D eigenvalue weighted by Crippen LogP contribution is -2.34. The maximum atomic E-state index is 14.7. The minimum absolute atomic E-state index is 0.000937. The van der Waals surface area contributed by atoms with E-state index in [0.29, 0.717) is 18.1 Å². The van der Waals surface area contributed by atoms with Gasteiger partial charge in [-0.1, -0.05) is 6.07 Å². The van der Waals surface area contributed by atoms with Gasteiger partial charge >= 0.3 is 18.7 Å². The van der Waals surface area contributed by atoms with Gasteiger partial charge in [0.25, 0.3) is 5.91 Å². The number of rotatable bonds is 12. The second-order valence-corrected chi connectivity index (χ2v) is 11.1. The Hall–Kier alpha value is -4.75. The second kappa shape index (κ2) is 13.3. The molecule has 11 nitrogen and oxygen atoms in total. The van der Waals surface area contributed by atoms with Crippen LogP contribution in [0.2, 0.25) is 0 Å². The quantitative estimate of drug-likeness (QED) is 0.219. The largest absolute Gasteiger partial charge is 0.489 e. The van der Waals surface area contributed by atoms with Crippen molar-refractivity contribution in [3.8, 4) is 23.0 Å². The van der Waals surface area contributed by atoms with Crippen molar-refractivity contribution in [1.82, 2.24) is 15.6 Å². The van der Waals surface area contributed by atoms with E-state index in [1.54, 1.807) is 27.7 Å². The lowest BCUT2D eigenvalue weighted by Gasteiger charge is -2.21. The first-order chi connectivity index (χ1) is 20.7. The number of halogens is 3. The highest BCUT2D eigenvalue weighted by Gasteiger charge is 2.27. The zero-order valence-electron chi connectivity index (χ0n) is 24.4. The first kappa shape index (κ1) is 32.2. The van der Waals surface area contributed by atoms with E-state index in [0.717, 1.165) is 25.0 Å². The van der Waals surface area contributed by atoms with Crippen LogP contribution in [0.1, 0.15) is 78.7 Å². The molecular weight excluding hydrogens is 587 g/mol. The lowest BCUT2D eigenvalue weighted by atomic mass is 10.1. The molecule has 4 rings (SSSR count). The number of carboxylic acids is 1. The van der Waals surface area contributed by atoms with E-state index < -0.39 is 53.2 Å². The van der Waals surface area contributed by atoms with Crippen LogP contribution in [0, 0.1) is 11.7 Å². The van der Waals surface area contributed by atoms with Gasteiger partial charge in [-0.2, -0.15) is 8.78 Å². The lowest BCUT2D eigenvalue weighted by molar-refractivity contribution is -0.0515. The minimum atomic E-state index is -3.08. The number of aromatic nitrogens is 1. The normalized spacial score (nSPS) is 13.7. The summed E-state index contributed by atoms with van der Waals surface area (Å²) in [7, 11) is 0. The fourth-order valence-corrected chi connectivity index (χ4v) is 4.07. The molecule has 1 heterocycles. The molecule has 0 spiro atoms. The Morgan fingerprint density at radius 3 is 2.45 bits per heavy atom. The number of carbonyl (C=O) groups is 3. The van der Waals surface area contributed by atoms with E-state index in [1.807, 2.05) is 0 Å². The summed E-state index contributed by atoms with van der Waals surface area (Å²) in [5, 5.41) is 14.3. The Labute approximate surface area is 250 Å². The summed E-state index contributed by atoms with van der Waals surface area (Å²) in [6.07, 6.45) is 1.18. The number of carboxylic acid groups (broad SMARTS) is 1. The van der Waals surface area contributed by atoms with Gasteiger partial charge in [-0.3, -0.25) is 4.79 Å². The molecule has 1 aliphatic carbocycles. The first-order valence-electron chi connectivity index (χ1n) is 13.7. The van der Waals surface area contributed by atoms with Crippen molar-refractivity contribution >= 4 is 18.0 Å². The van der Waals surface area contributed by atoms with E-state index in [4.69, 9.17) is 13.9 Å². The van der Waals surface area contributed by atoms with Crippen molar-refractivity contribution in [2.24, 2.45) is 5.92 Å². The van der Waals surface area contributed by atoms with Crippen molar-refractivity contribution in [2.75, 3.05) is 6.61 Å². The SMILES string of the molecule is CC(NC(=O)OC(C)(C)C)c1oc(-c2ccc(OC(F)F)c(OCC3CC3)c2)nc1CNC(=O)c1cccc(C(=O)O)c1F. The highest BCUT2D eigenvalue weighted by atomic mass is 19.3. The van der Waals surface area contributed by atoms with Crippen LogP contribution in [-0.4, -0.2) is 46.9 Å². The molecule has 0 radical (unpaired) electrons. The Balaban J connectivity index is 1.64. The average molecular weight is 620 g/mol. The van der Waals surface area contributed by atoms with Crippen LogP contribution < -0.4 is 20.1 Å². The number of nitrogens with one attached hydrogen (secondary N) is 2. The number of nitrogens with zero attached hydrogens (tertiary/aromatic N) is 1. The molecule has 1 aliphatic rings. The van der Waals surface area contributed by atoms with E-state index in [2.05, 4.69) is 20.4 Å². The van der Waals surface area contributed by atoms with Crippen molar-refractivity contribution in [3.63, 3.8) is 0 Å². The number of hydrogen-bond acceptors (Lipinski definition) is 8. The third-order valence-corrected chi connectivity index (χ3v) is 6.32. The van der Waals surface area contributed by atoms with Gasteiger partial charge < -0.3 is 34.4 Å². The summed E-state index contributed by atoms with van der Waals surface area (Å²) in [6, 6.07) is 6.70. The van der Waals surface area contributed by atoms with Crippen LogP contribution >= 0.6 is 0 Å². The molecule has 1 saturated carbocycles. The number of aromatic carboxylic acids is 1. The van der Waals surface area contributed by atoms with Gasteiger partial charge in [0.15, 0.2) is 17.3 Å². The zero-order valence-corrected chi connectivity index (χ0v) is 24.4. The molecule has 1 unspecified atom stereocenters. The zero-order chi connectivity index (χ0) is 32.2. The summed E-state index contributed by atoms with van der Waals surface area (Å²) in [4.78, 5) is 41.0. The Morgan fingerprint density at radius 1 is 1.11 bits per heavy atom. The van der Waals surface area contributed by atoms with Crippen LogP contribution in [0.4, 0.5) is 18.0 Å². The summed E-state index contributed by atoms with van der Waals surface area (Å²) in [5.74, 6) is -3.34. The van der Waals surface area contributed by atoms with Crippen LogP contribution in [0.15, 0.2) is 40.8 Å². The number of ether oxygens (including phenoxy) is 3. The topological polar surface area (TPSA) is 149 Å². The van der Waals surface area contributed by atoms with Gasteiger partial charge in [0, 0.05) is 5.56 Å². The van der Waals surface area contributed by atoms with Crippen LogP contribution in [0.3, 0.4) is 0 Å². The molecule has 1 atom stereocenters. The number of carbonyl (C=O) groups excluding carboxylic acids is 2. The molecule has 2 amide bonds. The molecule has 0 aliphatic heterocycles. The smallest absolute Gasteiger partial charge is 0.408 e. The molecule has 3 aromatic rings. The van der Waals surface area contributed by atoms with Crippen molar-refractivity contribution in [1.29, 1.82) is 0 Å². The predicted octanol–water partition coefficient (Wildman–Crippen LogP) is 6.08. The van der Waals surface area contributed by atoms with Gasteiger partial charge in [-0.15, -0.1) is 0 Å². The molecule has 0 saturated heterocycles. The van der Waals surface area contributed by atoms with Crippen molar-refractivity contribution in [3.05, 3.63) is 64.8 Å². The maximum absolute atomic E-state index is 14.7. The van der Waals surface area contributed by atoms with Crippen LogP contribution in [0.25, 0.3) is 11.5 Å². The van der Waals surface area contributed by atoms with Crippen LogP contribution in [-0.2, 0) is 11.3 Å². The number of oxazole rings is 1. The molecule has 2 aromatic carbocycles. The maximum Gasteiger partial charge on any atom is 0.408 e. The summed E-state index contributed by atoms with van der Waals surface area (Å²) in [6.45, 7) is 3.57. The fourth-order valence-electron chi connectivity index (χ4n) is 4.07. The van der Waals surface area contributed by atoms with Gasteiger partial charge in [-0.25, -0.2) is 19.0 Å². The molecule has 236 valence electrons. The highest BCUT2D eigenvalue weighted by molar-refractivity contribution is 5.97. The third-order valence-electron chi connectivity index (χ3n) is 6.32. The monoisotopic (exact) mass is 619 g/mol. The summed E-state index contributed by atoms with van der Waals surface area (Å²) < 4.78 is 62.3. The number of alkyl carbamates (subject to hydrolysis) is 1. The standard InChI is InChI=1S/C30H32F3N3O8/c1-15(35-29(40)44-30(2,3)4)24-20(13-34-25(37)18-6-5-7-19(23(18)31)27(38)39)36-26(43-24)17-10-11-21(42-28(32)33)22(12-17)41-14-16-8-9-16/h5-7,10-12,15-16,28H,8-9,13-14H2,1-4H3,(H,34,37)(H,35,40)(H,38,39). The average Bonchev–Trinajstić information content (AvgIpc) is 3.66. The number of alkyl halides is 2. The summed E-state index contributed by atoms with van der Waals surface area (Å²) >= 11 is 0. The second-order valence-electron chi connectivity index (χ2n) is 11.1. The molecule has 14 heteroatoms. The number of benzene rings is 2. The molecule has 1 fully saturated rings. The van der Waals surface area contributed by atoms with E-state index in [1.165, 1.54) is 24.3 Å². The molecule has 0 bridgehead atoms. The van der Waals surface area contributed by atoms with Crippen molar-refractivity contribution in [2.45, 2.75) is 65.3 Å². The Kier molecular flexibility index (Phi) is 9.70. The highest BCUT2D eigenvalue weighted by Crippen LogP contribution is 2.37. The number of hydrogen-bond donors (Lipinski definition) is 3. The first-order valence-corrected chi connectivity index (χ1v) is 13.7. The van der Waals surface area contributed by atoms with E-state index in [9.17, 15) is 32.7 Å². The van der Waals surface area contributed by atoms with Gasteiger partial charge in [0.2, 0.25) is 5.89 Å². The third kappa shape index (κ3) is 8.42. The van der Waals surface area contributed by atoms with Gasteiger partial charge in [-0.05, 0) is 76.8 Å². The van der Waals surface area contributed by atoms with Crippen molar-refractivity contribution < 1.29 is 51.3 Å². The fraction of sp³-hybridized carbons (Fsp3) is 0.400. The van der Waals surface area contributed by atoms with Crippen LogP contribution in [0.5, 0.6) is 11.5 Å². The Morgan fingerprint density at radius 2 is 1.82 bits per heavy atom. The minimum Gasteiger partial charge on any atom is -0.489 e. The number of amides is 2. The molecule has 3 N–H and O–H groups in total. The van der Waals surface area contributed by atoms with Gasteiger partial charge in [0.05, 0.1) is 30.3 Å². The summed E-state index contributed by atoms with van der Waals surface area (Å²) in [5.41, 5.74) is -1.50. The van der Waals surface area contributed by atoms with E-state index in [-0.39, 0.29) is 35.4 Å². The molecule has 1 aromatic heterocycles. The Bertz CT molecular complexity index is 1530.